The average molecular weight is 402 g/mol. The van der Waals surface area contributed by atoms with Gasteiger partial charge in [-0.2, -0.15) is 0 Å². The molecule has 150 valence electrons. The first kappa shape index (κ1) is 20.3. The van der Waals surface area contributed by atoms with Gasteiger partial charge in [0.25, 0.3) is 0 Å². The van der Waals surface area contributed by atoms with Crippen LogP contribution < -0.4 is 20.3 Å². The Hall–Kier alpha value is -2.47. The molecule has 1 aliphatic heterocycles. The van der Waals surface area contributed by atoms with Crippen molar-refractivity contribution in [1.29, 1.82) is 0 Å². The number of nitrogens with zero attached hydrogens (tertiary/aromatic N) is 3. The van der Waals surface area contributed by atoms with E-state index in [1.807, 2.05) is 37.4 Å². The molecule has 0 amide bonds. The molecule has 2 N–H and O–H groups in total. The molecule has 1 aliphatic rings. The molecule has 3 rings (SSSR count). The monoisotopic (exact) mass is 401 g/mol. The van der Waals surface area contributed by atoms with Crippen molar-refractivity contribution < 1.29 is 4.74 Å². The van der Waals surface area contributed by atoms with Gasteiger partial charge in [0.15, 0.2) is 5.96 Å². The molecular weight excluding hydrogens is 374 g/mol. The smallest absolute Gasteiger partial charge is 0.191 e. The molecule has 0 radical (unpaired) electrons. The van der Waals surface area contributed by atoms with Crippen LogP contribution in [0.4, 0.5) is 5.82 Å². The first-order chi connectivity index (χ1) is 13.6. The van der Waals surface area contributed by atoms with Crippen LogP contribution in [0.3, 0.4) is 0 Å². The predicted molar refractivity (Wildman–Crippen MR) is 115 cm³/mol. The Bertz CT molecular complexity index is 757. The fraction of sp³-hybridized carbons (Fsp3) is 0.429. The summed E-state index contributed by atoms with van der Waals surface area (Å²) in [5, 5.41) is 7.30. The van der Waals surface area contributed by atoms with Crippen LogP contribution >= 0.6 is 11.6 Å². The Morgan fingerprint density at radius 2 is 1.93 bits per heavy atom. The standard InChI is InChI=1S/C21H28ClN5O/c1-16(28-19-8-6-18(22)7-9-19)13-25-21(23-2)26-15-17-5-10-20(24-14-17)27-11-3-4-12-27/h5-10,14,16H,3-4,11-13,15H2,1-2H3,(H2,23,25,26). The first-order valence-corrected chi connectivity index (χ1v) is 10.1. The number of guanidine groups is 1. The summed E-state index contributed by atoms with van der Waals surface area (Å²) >= 11 is 5.90. The summed E-state index contributed by atoms with van der Waals surface area (Å²) in [4.78, 5) is 11.2. The predicted octanol–water partition coefficient (Wildman–Crippen LogP) is 3.47. The molecule has 1 fully saturated rings. The second kappa shape index (κ2) is 10.2. The summed E-state index contributed by atoms with van der Waals surface area (Å²) in [5.41, 5.74) is 1.12. The number of benzene rings is 1. The number of hydrogen-bond acceptors (Lipinski definition) is 4. The highest BCUT2D eigenvalue weighted by molar-refractivity contribution is 6.30. The molecule has 6 nitrogen and oxygen atoms in total. The van der Waals surface area contributed by atoms with Crippen LogP contribution in [0.1, 0.15) is 25.3 Å². The number of aliphatic imine (C=N–C) groups is 1. The Morgan fingerprint density at radius 1 is 1.18 bits per heavy atom. The topological polar surface area (TPSA) is 61.8 Å². The van der Waals surface area contributed by atoms with Crippen LogP contribution in [0, 0.1) is 0 Å². The Morgan fingerprint density at radius 3 is 2.57 bits per heavy atom. The van der Waals surface area contributed by atoms with Crippen LogP contribution in [0.2, 0.25) is 5.02 Å². The van der Waals surface area contributed by atoms with Gasteiger partial charge in [0.1, 0.15) is 17.7 Å². The zero-order chi connectivity index (χ0) is 19.8. The summed E-state index contributed by atoms with van der Waals surface area (Å²) in [6.45, 7) is 5.53. The molecule has 1 saturated heterocycles. The van der Waals surface area contributed by atoms with Crippen LogP contribution in [0.25, 0.3) is 0 Å². The fourth-order valence-electron chi connectivity index (χ4n) is 3.09. The SMILES string of the molecule is CN=C(NCc1ccc(N2CCCC2)nc1)NCC(C)Oc1ccc(Cl)cc1. The van der Waals surface area contributed by atoms with E-state index in [0.29, 0.717) is 18.1 Å². The molecule has 1 aromatic carbocycles. The minimum absolute atomic E-state index is 0.0128. The van der Waals surface area contributed by atoms with E-state index in [1.54, 1.807) is 7.05 Å². The van der Waals surface area contributed by atoms with Gasteiger partial charge in [-0.25, -0.2) is 4.98 Å². The summed E-state index contributed by atoms with van der Waals surface area (Å²) < 4.78 is 5.87. The normalized spacial score (nSPS) is 15.4. The van der Waals surface area contributed by atoms with E-state index in [0.717, 1.165) is 36.2 Å². The minimum Gasteiger partial charge on any atom is -0.489 e. The molecule has 2 heterocycles. The van der Waals surface area contributed by atoms with Crippen molar-refractivity contribution >= 4 is 23.4 Å². The van der Waals surface area contributed by atoms with Gasteiger partial charge in [-0.05, 0) is 55.7 Å². The van der Waals surface area contributed by atoms with E-state index in [4.69, 9.17) is 16.3 Å². The number of hydrogen-bond donors (Lipinski definition) is 2. The zero-order valence-electron chi connectivity index (χ0n) is 16.5. The summed E-state index contributed by atoms with van der Waals surface area (Å²) in [5.74, 6) is 2.60. The fourth-order valence-corrected chi connectivity index (χ4v) is 3.21. The van der Waals surface area contributed by atoms with Gasteiger partial charge in [0, 0.05) is 37.9 Å². The van der Waals surface area contributed by atoms with Gasteiger partial charge in [0.05, 0.1) is 6.54 Å². The Kier molecular flexibility index (Phi) is 7.37. The molecule has 2 aromatic rings. The van der Waals surface area contributed by atoms with Crippen LogP contribution in [0.5, 0.6) is 5.75 Å². The third-order valence-corrected chi connectivity index (χ3v) is 4.88. The number of halogens is 1. The van der Waals surface area contributed by atoms with Gasteiger partial charge in [-0.3, -0.25) is 4.99 Å². The maximum Gasteiger partial charge on any atom is 0.191 e. The van der Waals surface area contributed by atoms with E-state index >= 15 is 0 Å². The third kappa shape index (κ3) is 6.02. The van der Waals surface area contributed by atoms with Crippen LogP contribution in [0.15, 0.2) is 47.6 Å². The van der Waals surface area contributed by atoms with Crippen molar-refractivity contribution in [3.8, 4) is 5.75 Å². The quantitative estimate of drug-likeness (QED) is 0.549. The van der Waals surface area contributed by atoms with Crippen molar-refractivity contribution in [1.82, 2.24) is 15.6 Å². The molecule has 0 spiro atoms. The number of anilines is 1. The van der Waals surface area contributed by atoms with Gasteiger partial charge in [-0.15, -0.1) is 0 Å². The summed E-state index contributed by atoms with van der Waals surface area (Å²) in [7, 11) is 1.76. The second-order valence-electron chi connectivity index (χ2n) is 6.91. The van der Waals surface area contributed by atoms with Crippen LogP contribution in [-0.4, -0.2) is 43.7 Å². The highest BCUT2D eigenvalue weighted by Crippen LogP contribution is 2.18. The lowest BCUT2D eigenvalue weighted by molar-refractivity contribution is 0.224. The molecule has 0 saturated carbocycles. The zero-order valence-corrected chi connectivity index (χ0v) is 17.2. The minimum atomic E-state index is -0.0128. The van der Waals surface area contributed by atoms with Crippen molar-refractivity contribution in [2.24, 2.45) is 4.99 Å². The lowest BCUT2D eigenvalue weighted by atomic mass is 10.3. The molecule has 0 bridgehead atoms. The number of nitrogens with one attached hydrogen (secondary N) is 2. The lowest BCUT2D eigenvalue weighted by Crippen LogP contribution is -2.41. The molecule has 1 unspecified atom stereocenters. The summed E-state index contributed by atoms with van der Waals surface area (Å²) in [6.07, 6.45) is 4.43. The van der Waals surface area contributed by atoms with E-state index in [1.165, 1.54) is 12.8 Å². The van der Waals surface area contributed by atoms with E-state index in [-0.39, 0.29) is 6.10 Å². The van der Waals surface area contributed by atoms with Crippen molar-refractivity contribution in [3.63, 3.8) is 0 Å². The number of aromatic nitrogens is 1. The maximum absolute atomic E-state index is 5.90. The van der Waals surface area contributed by atoms with Crippen LogP contribution in [-0.2, 0) is 6.54 Å². The molecule has 1 atom stereocenters. The molecule has 0 aliphatic carbocycles. The van der Waals surface area contributed by atoms with Crippen molar-refractivity contribution in [3.05, 3.63) is 53.2 Å². The largest absolute Gasteiger partial charge is 0.489 e. The molecule has 1 aromatic heterocycles. The Labute approximate surface area is 172 Å². The third-order valence-electron chi connectivity index (χ3n) is 4.63. The number of ether oxygens (including phenoxy) is 1. The van der Waals surface area contributed by atoms with Gasteiger partial charge in [0.2, 0.25) is 0 Å². The first-order valence-electron chi connectivity index (χ1n) is 9.70. The van der Waals surface area contributed by atoms with Crippen molar-refractivity contribution in [2.75, 3.05) is 31.6 Å². The molecule has 7 heteroatoms. The molecule has 28 heavy (non-hydrogen) atoms. The van der Waals surface area contributed by atoms with Crippen molar-refractivity contribution in [2.45, 2.75) is 32.4 Å². The Balaban J connectivity index is 1.42. The maximum atomic E-state index is 5.90. The van der Waals surface area contributed by atoms with E-state index in [2.05, 4.69) is 37.6 Å². The molecular formula is C21H28ClN5O. The van der Waals surface area contributed by atoms with E-state index < -0.39 is 0 Å². The number of pyridine rings is 1. The highest BCUT2D eigenvalue weighted by atomic mass is 35.5. The van der Waals surface area contributed by atoms with Gasteiger partial charge < -0.3 is 20.3 Å². The highest BCUT2D eigenvalue weighted by Gasteiger charge is 2.13. The second-order valence-corrected chi connectivity index (χ2v) is 7.34. The summed E-state index contributed by atoms with van der Waals surface area (Å²) in [6, 6.07) is 11.6. The van der Waals surface area contributed by atoms with Gasteiger partial charge in [-0.1, -0.05) is 17.7 Å². The average Bonchev–Trinajstić information content (AvgIpc) is 3.25. The lowest BCUT2D eigenvalue weighted by Gasteiger charge is -2.18. The van der Waals surface area contributed by atoms with E-state index in [9.17, 15) is 0 Å². The van der Waals surface area contributed by atoms with Gasteiger partial charge >= 0.3 is 0 Å². The number of rotatable bonds is 7.